The van der Waals surface area contributed by atoms with Gasteiger partial charge in [0.2, 0.25) is 0 Å². The second-order valence-corrected chi connectivity index (χ2v) is 7.56. The van der Waals surface area contributed by atoms with E-state index in [0.717, 1.165) is 18.0 Å². The molecular weight excluding hydrogens is 284 g/mol. The number of rotatable bonds is 4. The van der Waals surface area contributed by atoms with E-state index in [1.54, 1.807) is 0 Å². The van der Waals surface area contributed by atoms with Crippen molar-refractivity contribution in [3.05, 3.63) is 29.3 Å². The molecule has 0 bridgehead atoms. The van der Waals surface area contributed by atoms with Crippen LogP contribution in [0.2, 0.25) is 5.02 Å². The normalized spacial score (nSPS) is 11.1. The second-order valence-electron chi connectivity index (χ2n) is 4.82. The minimum atomic E-state index is 0.291. The van der Waals surface area contributed by atoms with E-state index in [1.165, 1.54) is 0 Å². The Morgan fingerprint density at radius 1 is 1.33 bits per heavy atom. The van der Waals surface area contributed by atoms with Crippen LogP contribution in [0.4, 0.5) is 5.69 Å². The average molecular weight is 303 g/mol. The van der Waals surface area contributed by atoms with Crippen molar-refractivity contribution in [1.29, 1.82) is 0 Å². The molecular formula is C13H19ClN2S2. The highest BCUT2D eigenvalue weighted by molar-refractivity contribution is 8.00. The van der Waals surface area contributed by atoms with Crippen molar-refractivity contribution >= 4 is 46.4 Å². The molecule has 1 aromatic rings. The van der Waals surface area contributed by atoms with Crippen LogP contribution < -0.4 is 10.6 Å². The van der Waals surface area contributed by atoms with Crippen molar-refractivity contribution in [2.45, 2.75) is 25.5 Å². The molecule has 0 fully saturated rings. The van der Waals surface area contributed by atoms with Crippen LogP contribution in [0.3, 0.4) is 0 Å². The number of benzene rings is 1. The summed E-state index contributed by atoms with van der Waals surface area (Å²) in [5, 5.41) is 7.54. The van der Waals surface area contributed by atoms with E-state index < -0.39 is 0 Å². The average Bonchev–Trinajstić information content (AvgIpc) is 2.26. The number of anilines is 1. The third kappa shape index (κ3) is 6.47. The smallest absolute Gasteiger partial charge is 0.170 e. The van der Waals surface area contributed by atoms with Gasteiger partial charge in [0.15, 0.2) is 5.11 Å². The van der Waals surface area contributed by atoms with Crippen molar-refractivity contribution in [3.8, 4) is 0 Å². The van der Waals surface area contributed by atoms with Crippen molar-refractivity contribution in [3.63, 3.8) is 0 Å². The molecule has 0 unspecified atom stereocenters. The first-order valence-corrected chi connectivity index (χ1v) is 7.59. The fraction of sp³-hybridized carbons (Fsp3) is 0.462. The molecule has 0 saturated carbocycles. The molecule has 0 spiro atoms. The summed E-state index contributed by atoms with van der Waals surface area (Å²) in [6.07, 6.45) is 0. The number of thiocarbonyl (C=S) groups is 1. The van der Waals surface area contributed by atoms with Crippen LogP contribution in [0.5, 0.6) is 0 Å². The van der Waals surface area contributed by atoms with E-state index in [0.29, 0.717) is 14.9 Å². The van der Waals surface area contributed by atoms with Crippen molar-refractivity contribution in [2.75, 3.05) is 17.6 Å². The number of para-hydroxylation sites is 1. The topological polar surface area (TPSA) is 24.1 Å². The van der Waals surface area contributed by atoms with E-state index in [1.807, 2.05) is 36.0 Å². The molecule has 2 N–H and O–H groups in total. The SMILES string of the molecule is CC(C)(C)SCCNC(=S)Nc1ccccc1Cl. The van der Waals surface area contributed by atoms with Gasteiger partial charge in [-0.15, -0.1) is 0 Å². The monoisotopic (exact) mass is 302 g/mol. The minimum Gasteiger partial charge on any atom is -0.362 e. The van der Waals surface area contributed by atoms with Crippen LogP contribution >= 0.6 is 35.6 Å². The van der Waals surface area contributed by atoms with Crippen LogP contribution in [-0.2, 0) is 0 Å². The molecule has 0 aliphatic rings. The van der Waals surface area contributed by atoms with Crippen LogP contribution in [-0.4, -0.2) is 22.2 Å². The van der Waals surface area contributed by atoms with Gasteiger partial charge in [-0.25, -0.2) is 0 Å². The Kier molecular flexibility index (Phi) is 6.26. The number of hydrogen-bond donors (Lipinski definition) is 2. The molecule has 0 aliphatic carbocycles. The highest BCUT2D eigenvalue weighted by Crippen LogP contribution is 2.22. The predicted molar refractivity (Wildman–Crippen MR) is 87.9 cm³/mol. The van der Waals surface area contributed by atoms with Gasteiger partial charge in [-0.1, -0.05) is 44.5 Å². The zero-order valence-electron chi connectivity index (χ0n) is 10.9. The zero-order valence-corrected chi connectivity index (χ0v) is 13.3. The lowest BCUT2D eigenvalue weighted by atomic mass is 10.3. The molecule has 0 aliphatic heterocycles. The fourth-order valence-electron chi connectivity index (χ4n) is 1.25. The van der Waals surface area contributed by atoms with Crippen molar-refractivity contribution < 1.29 is 0 Å². The quantitative estimate of drug-likeness (QED) is 0.644. The maximum absolute atomic E-state index is 6.04. The van der Waals surface area contributed by atoms with Crippen molar-refractivity contribution in [2.24, 2.45) is 0 Å². The Bertz CT molecular complexity index is 402. The summed E-state index contributed by atoms with van der Waals surface area (Å²) in [4.78, 5) is 0. The molecule has 0 saturated heterocycles. The molecule has 5 heteroatoms. The van der Waals surface area contributed by atoms with Gasteiger partial charge in [0.25, 0.3) is 0 Å². The first-order valence-electron chi connectivity index (χ1n) is 5.82. The van der Waals surface area contributed by atoms with Gasteiger partial charge < -0.3 is 10.6 Å². The van der Waals surface area contributed by atoms with Gasteiger partial charge in [0, 0.05) is 17.0 Å². The summed E-state index contributed by atoms with van der Waals surface area (Å²) in [5.74, 6) is 1.02. The summed E-state index contributed by atoms with van der Waals surface area (Å²) in [7, 11) is 0. The molecule has 0 aromatic heterocycles. The molecule has 18 heavy (non-hydrogen) atoms. The lowest BCUT2D eigenvalue weighted by molar-refractivity contribution is 0.800. The Balaban J connectivity index is 2.29. The minimum absolute atomic E-state index is 0.291. The van der Waals surface area contributed by atoms with Crippen molar-refractivity contribution in [1.82, 2.24) is 5.32 Å². The molecule has 2 nitrogen and oxygen atoms in total. The molecule has 1 rings (SSSR count). The molecule has 0 heterocycles. The van der Waals surface area contributed by atoms with E-state index >= 15 is 0 Å². The Morgan fingerprint density at radius 3 is 2.61 bits per heavy atom. The van der Waals surface area contributed by atoms with Gasteiger partial charge in [0.05, 0.1) is 10.7 Å². The highest BCUT2D eigenvalue weighted by atomic mass is 35.5. The standard InChI is InChI=1S/C13H19ClN2S2/c1-13(2,3)18-9-8-15-12(17)16-11-7-5-4-6-10(11)14/h4-7H,8-9H2,1-3H3,(H2,15,16,17). The van der Waals surface area contributed by atoms with Gasteiger partial charge in [-0.05, 0) is 24.4 Å². The molecule has 1 aromatic carbocycles. The third-order valence-electron chi connectivity index (χ3n) is 2.04. The van der Waals surface area contributed by atoms with Gasteiger partial charge in [-0.3, -0.25) is 0 Å². The van der Waals surface area contributed by atoms with E-state index in [9.17, 15) is 0 Å². The molecule has 0 radical (unpaired) electrons. The summed E-state index contributed by atoms with van der Waals surface area (Å²) in [5.41, 5.74) is 0.833. The first kappa shape index (κ1) is 15.6. The lowest BCUT2D eigenvalue weighted by Gasteiger charge is -2.18. The Hall–Kier alpha value is -0.450. The molecule has 0 amide bonds. The first-order chi connectivity index (χ1) is 8.38. The number of halogens is 1. The van der Waals surface area contributed by atoms with Gasteiger partial charge in [-0.2, -0.15) is 11.8 Å². The van der Waals surface area contributed by atoms with E-state index in [4.69, 9.17) is 23.8 Å². The second kappa shape index (κ2) is 7.22. The predicted octanol–water partition coefficient (Wildman–Crippen LogP) is 4.16. The summed E-state index contributed by atoms with van der Waals surface area (Å²) in [6, 6.07) is 7.55. The Labute approximate surface area is 124 Å². The Morgan fingerprint density at radius 2 is 2.00 bits per heavy atom. The summed E-state index contributed by atoms with van der Waals surface area (Å²) < 4.78 is 0.291. The fourth-order valence-corrected chi connectivity index (χ4v) is 2.46. The number of hydrogen-bond acceptors (Lipinski definition) is 2. The largest absolute Gasteiger partial charge is 0.362 e. The summed E-state index contributed by atoms with van der Waals surface area (Å²) >= 11 is 13.2. The van der Waals surface area contributed by atoms with Crippen LogP contribution in [0, 0.1) is 0 Å². The number of nitrogens with one attached hydrogen (secondary N) is 2. The maximum Gasteiger partial charge on any atom is 0.170 e. The lowest BCUT2D eigenvalue weighted by Crippen LogP contribution is -2.31. The number of thioether (sulfide) groups is 1. The van der Waals surface area contributed by atoms with Gasteiger partial charge >= 0.3 is 0 Å². The molecule has 0 atom stereocenters. The zero-order chi connectivity index (χ0) is 13.6. The summed E-state index contributed by atoms with van der Waals surface area (Å²) in [6.45, 7) is 7.46. The van der Waals surface area contributed by atoms with Gasteiger partial charge in [0.1, 0.15) is 0 Å². The third-order valence-corrected chi connectivity index (χ3v) is 3.90. The van der Waals surface area contributed by atoms with Crippen LogP contribution in [0.1, 0.15) is 20.8 Å². The van der Waals surface area contributed by atoms with E-state index in [2.05, 4.69) is 31.4 Å². The van der Waals surface area contributed by atoms with E-state index in [-0.39, 0.29) is 0 Å². The van der Waals surface area contributed by atoms with Crippen LogP contribution in [0.25, 0.3) is 0 Å². The maximum atomic E-state index is 6.04. The molecule has 100 valence electrons. The highest BCUT2D eigenvalue weighted by Gasteiger charge is 2.09. The van der Waals surface area contributed by atoms with Crippen LogP contribution in [0.15, 0.2) is 24.3 Å².